The lowest BCUT2D eigenvalue weighted by atomic mass is 9.68. The van der Waals surface area contributed by atoms with Crippen molar-refractivity contribution in [3.8, 4) is 0 Å². The SMILES string of the molecule is CC(C)(C)c1c(C(C)(C)CO)cccc1C(C)(C)CO.CC(C)(C)c1cccc(C(C)(C)C)c1C(C)(C)C.CC(C)c1cccc(C(C)C)c1C(C)(C)C. The molecule has 0 spiro atoms. The first kappa shape index (κ1) is 49.6. The van der Waals surface area contributed by atoms with Gasteiger partial charge < -0.3 is 10.2 Å². The van der Waals surface area contributed by atoms with E-state index in [1.807, 2.05) is 6.07 Å². The van der Waals surface area contributed by atoms with Crippen LogP contribution < -0.4 is 0 Å². The van der Waals surface area contributed by atoms with Crippen LogP contribution in [0.1, 0.15) is 221 Å². The molecule has 2 heteroatoms. The molecular formula is C52H86O2. The zero-order chi connectivity index (χ0) is 42.6. The summed E-state index contributed by atoms with van der Waals surface area (Å²) in [5, 5.41) is 19.5. The first-order valence-electron chi connectivity index (χ1n) is 20.7. The largest absolute Gasteiger partial charge is 0.395 e. The first-order chi connectivity index (χ1) is 24.1. The molecule has 0 bridgehead atoms. The lowest BCUT2D eigenvalue weighted by molar-refractivity contribution is 0.210. The highest BCUT2D eigenvalue weighted by Gasteiger charge is 2.35. The van der Waals surface area contributed by atoms with E-state index in [0.717, 1.165) is 0 Å². The molecule has 3 aromatic rings. The molecule has 0 saturated heterocycles. The number of benzene rings is 3. The minimum atomic E-state index is -0.288. The molecule has 0 radical (unpaired) electrons. The van der Waals surface area contributed by atoms with Gasteiger partial charge in [-0.05, 0) is 89.0 Å². The number of hydrogen-bond donors (Lipinski definition) is 2. The molecule has 306 valence electrons. The summed E-state index contributed by atoms with van der Waals surface area (Å²) in [6.45, 7) is 52.0. The Bertz CT molecular complexity index is 1540. The van der Waals surface area contributed by atoms with Gasteiger partial charge in [-0.2, -0.15) is 0 Å². The van der Waals surface area contributed by atoms with Crippen LogP contribution in [-0.2, 0) is 37.9 Å². The van der Waals surface area contributed by atoms with E-state index < -0.39 is 0 Å². The Hall–Kier alpha value is -2.42. The Kier molecular flexibility index (Phi) is 16.3. The topological polar surface area (TPSA) is 40.5 Å². The van der Waals surface area contributed by atoms with Crippen molar-refractivity contribution in [1.29, 1.82) is 0 Å². The average Bonchev–Trinajstić information content (AvgIpc) is 3.02. The van der Waals surface area contributed by atoms with E-state index in [1.165, 1.54) is 44.5 Å². The van der Waals surface area contributed by atoms with Gasteiger partial charge in [-0.1, -0.05) is 214 Å². The van der Waals surface area contributed by atoms with Crippen LogP contribution in [0.15, 0.2) is 54.6 Å². The summed E-state index contributed by atoms with van der Waals surface area (Å²) in [7, 11) is 0. The second-order valence-electron chi connectivity index (χ2n) is 22.9. The van der Waals surface area contributed by atoms with Gasteiger partial charge >= 0.3 is 0 Å². The van der Waals surface area contributed by atoms with Crippen molar-refractivity contribution in [2.24, 2.45) is 0 Å². The summed E-state index contributed by atoms with van der Waals surface area (Å²) in [6.07, 6.45) is 0. The number of rotatable bonds is 6. The predicted molar refractivity (Wildman–Crippen MR) is 241 cm³/mol. The van der Waals surface area contributed by atoms with Crippen LogP contribution in [0, 0.1) is 0 Å². The molecular weight excluding hydrogens is 657 g/mol. The van der Waals surface area contributed by atoms with E-state index >= 15 is 0 Å². The Morgan fingerprint density at radius 2 is 0.593 bits per heavy atom. The monoisotopic (exact) mass is 743 g/mol. The van der Waals surface area contributed by atoms with Crippen LogP contribution in [0.2, 0.25) is 0 Å². The van der Waals surface area contributed by atoms with E-state index in [0.29, 0.717) is 11.8 Å². The van der Waals surface area contributed by atoms with Crippen molar-refractivity contribution in [2.75, 3.05) is 13.2 Å². The molecule has 0 saturated carbocycles. The lowest BCUT2D eigenvalue weighted by Crippen LogP contribution is -2.33. The Morgan fingerprint density at radius 1 is 0.352 bits per heavy atom. The fourth-order valence-corrected chi connectivity index (χ4v) is 7.69. The van der Waals surface area contributed by atoms with E-state index in [4.69, 9.17) is 0 Å². The van der Waals surface area contributed by atoms with E-state index in [-0.39, 0.29) is 51.1 Å². The minimum absolute atomic E-state index is 0.0369. The third-order valence-electron chi connectivity index (χ3n) is 10.6. The van der Waals surface area contributed by atoms with Gasteiger partial charge in [-0.25, -0.2) is 0 Å². The van der Waals surface area contributed by atoms with Crippen molar-refractivity contribution in [3.05, 3.63) is 105 Å². The van der Waals surface area contributed by atoms with Crippen molar-refractivity contribution in [1.82, 2.24) is 0 Å². The van der Waals surface area contributed by atoms with Crippen LogP contribution in [0.4, 0.5) is 0 Å². The van der Waals surface area contributed by atoms with Crippen molar-refractivity contribution in [2.45, 2.75) is 209 Å². The van der Waals surface area contributed by atoms with Gasteiger partial charge in [0.2, 0.25) is 0 Å². The lowest BCUT2D eigenvalue weighted by Gasteiger charge is -2.37. The van der Waals surface area contributed by atoms with E-state index in [1.54, 1.807) is 5.56 Å². The summed E-state index contributed by atoms with van der Waals surface area (Å²) < 4.78 is 0. The van der Waals surface area contributed by atoms with Gasteiger partial charge in [0, 0.05) is 10.8 Å². The third-order valence-corrected chi connectivity index (χ3v) is 10.6. The highest BCUT2D eigenvalue weighted by atomic mass is 16.3. The summed E-state index contributed by atoms with van der Waals surface area (Å²) in [4.78, 5) is 0. The van der Waals surface area contributed by atoms with Gasteiger partial charge in [0.1, 0.15) is 0 Å². The normalized spacial score (nSPS) is 13.4. The summed E-state index contributed by atoms with van der Waals surface area (Å²) in [5.41, 5.74) is 12.9. The molecule has 0 amide bonds. The highest BCUT2D eigenvalue weighted by Crippen LogP contribution is 2.42. The zero-order valence-corrected chi connectivity index (χ0v) is 39.7. The molecule has 0 aliphatic heterocycles. The fraction of sp³-hybridized carbons (Fsp3) is 0.654. The molecule has 0 aliphatic carbocycles. The maximum absolute atomic E-state index is 9.74. The second-order valence-corrected chi connectivity index (χ2v) is 22.9. The summed E-state index contributed by atoms with van der Waals surface area (Å²) >= 11 is 0. The number of aliphatic hydroxyl groups is 2. The molecule has 0 unspecified atom stereocenters. The molecule has 0 heterocycles. The molecule has 0 fully saturated rings. The van der Waals surface area contributed by atoms with Gasteiger partial charge in [0.05, 0.1) is 13.2 Å². The Morgan fingerprint density at radius 3 is 0.815 bits per heavy atom. The van der Waals surface area contributed by atoms with Crippen molar-refractivity contribution < 1.29 is 10.2 Å². The molecule has 2 N–H and O–H groups in total. The molecule has 0 atom stereocenters. The Balaban J connectivity index is 0.000000408. The summed E-state index contributed by atoms with van der Waals surface area (Å²) in [5.74, 6) is 1.21. The Labute approximate surface area is 336 Å². The van der Waals surface area contributed by atoms with Crippen LogP contribution in [0.5, 0.6) is 0 Å². The van der Waals surface area contributed by atoms with Crippen LogP contribution in [0.3, 0.4) is 0 Å². The third kappa shape index (κ3) is 12.8. The molecule has 0 aromatic heterocycles. The average molecular weight is 743 g/mol. The highest BCUT2D eigenvalue weighted by molar-refractivity contribution is 5.48. The predicted octanol–water partition coefficient (Wildman–Crippen LogP) is 14.3. The number of aliphatic hydroxyl groups excluding tert-OH is 2. The van der Waals surface area contributed by atoms with Crippen molar-refractivity contribution in [3.63, 3.8) is 0 Å². The maximum atomic E-state index is 9.74. The zero-order valence-electron chi connectivity index (χ0n) is 39.7. The summed E-state index contributed by atoms with van der Waals surface area (Å²) in [6, 6.07) is 19.9. The van der Waals surface area contributed by atoms with Gasteiger partial charge in [0.25, 0.3) is 0 Å². The molecule has 2 nitrogen and oxygen atoms in total. The standard InChI is InChI=1S/C18H30O2.C18H30.C16H26/c1-16(2,3)15-13(17(4,5)11-19)9-8-10-14(15)18(6,7)12-20;1-16(2,3)13-11-10-12-14(17(4,5)6)15(13)18(7,8)9;1-11(2)13-9-8-10-14(12(3)4)15(13)16(5,6)7/h8-10,19-20H,11-12H2,1-7H3;10-12H,1-9H3;8-12H,1-7H3. The molecule has 3 aromatic carbocycles. The quantitative estimate of drug-likeness (QED) is 0.264. The molecule has 0 aliphatic rings. The van der Waals surface area contributed by atoms with Gasteiger partial charge in [0.15, 0.2) is 0 Å². The maximum Gasteiger partial charge on any atom is 0.0522 e. The van der Waals surface area contributed by atoms with E-state index in [2.05, 4.69) is 208 Å². The van der Waals surface area contributed by atoms with Crippen LogP contribution >= 0.6 is 0 Å². The van der Waals surface area contributed by atoms with Gasteiger partial charge in [-0.15, -0.1) is 0 Å². The molecule has 3 rings (SSSR count). The minimum Gasteiger partial charge on any atom is -0.395 e. The van der Waals surface area contributed by atoms with E-state index in [9.17, 15) is 10.2 Å². The first-order valence-corrected chi connectivity index (χ1v) is 20.7. The van der Waals surface area contributed by atoms with Crippen molar-refractivity contribution >= 4 is 0 Å². The molecule has 54 heavy (non-hydrogen) atoms. The van der Waals surface area contributed by atoms with Gasteiger partial charge in [-0.3, -0.25) is 0 Å². The second kappa shape index (κ2) is 17.8. The van der Waals surface area contributed by atoms with Crippen LogP contribution in [-0.4, -0.2) is 23.4 Å². The van der Waals surface area contributed by atoms with Crippen LogP contribution in [0.25, 0.3) is 0 Å². The number of hydrogen-bond acceptors (Lipinski definition) is 2. The fourth-order valence-electron chi connectivity index (χ4n) is 7.69. The smallest absolute Gasteiger partial charge is 0.0522 e.